The Labute approximate surface area is 184 Å². The van der Waals surface area contributed by atoms with E-state index in [0.29, 0.717) is 5.92 Å². The van der Waals surface area contributed by atoms with Crippen LogP contribution < -0.4 is 10.0 Å². The maximum absolute atomic E-state index is 12.8. The van der Waals surface area contributed by atoms with Crippen LogP contribution in [0.5, 0.6) is 5.75 Å². The number of hydrogen-bond donors (Lipinski definition) is 0. The quantitative estimate of drug-likeness (QED) is 0.383. The fourth-order valence-corrected chi connectivity index (χ4v) is 4.59. The second-order valence-electron chi connectivity index (χ2n) is 7.48. The van der Waals surface area contributed by atoms with E-state index in [1.54, 1.807) is 0 Å². The Morgan fingerprint density at radius 2 is 1.64 bits per heavy atom. The van der Waals surface area contributed by atoms with Gasteiger partial charge in [0.1, 0.15) is 5.75 Å². The normalized spacial score (nSPS) is 12.0. The molecule has 2 aromatic carbocycles. The SMILES string of the molecule is CCCCC(CC)COc1ccc(PC(=O)c2c(C)cc(C)cc2C)cc1.[LiH]. The Morgan fingerprint density at radius 1 is 1.04 bits per heavy atom. The molecule has 2 aromatic rings. The van der Waals surface area contributed by atoms with E-state index in [4.69, 9.17) is 4.74 Å². The van der Waals surface area contributed by atoms with Crippen molar-refractivity contribution < 1.29 is 9.53 Å². The second-order valence-corrected chi connectivity index (χ2v) is 8.76. The van der Waals surface area contributed by atoms with Crippen LogP contribution in [-0.2, 0) is 0 Å². The molecule has 0 aliphatic heterocycles. The van der Waals surface area contributed by atoms with Gasteiger partial charge in [0.2, 0.25) is 0 Å². The van der Waals surface area contributed by atoms with Gasteiger partial charge in [0, 0.05) is 5.56 Å². The average Bonchev–Trinajstić information content (AvgIpc) is 2.62. The molecule has 148 valence electrons. The first kappa shape index (κ1) is 25.0. The van der Waals surface area contributed by atoms with Crippen molar-refractivity contribution in [3.63, 3.8) is 0 Å². The molecule has 0 fully saturated rings. The molecule has 0 bridgehead atoms. The third kappa shape index (κ3) is 7.40. The van der Waals surface area contributed by atoms with Gasteiger partial charge in [0.15, 0.2) is 5.52 Å². The summed E-state index contributed by atoms with van der Waals surface area (Å²) >= 11 is 0. The minimum atomic E-state index is 0. The van der Waals surface area contributed by atoms with Gasteiger partial charge in [-0.25, -0.2) is 0 Å². The van der Waals surface area contributed by atoms with Crippen molar-refractivity contribution in [2.24, 2.45) is 5.92 Å². The zero-order valence-electron chi connectivity index (χ0n) is 17.4. The van der Waals surface area contributed by atoms with Crippen molar-refractivity contribution in [3.05, 3.63) is 58.7 Å². The molecule has 0 aromatic heterocycles. The molecule has 0 saturated carbocycles. The molecule has 0 aliphatic carbocycles. The van der Waals surface area contributed by atoms with Gasteiger partial charge in [-0.3, -0.25) is 4.79 Å². The Morgan fingerprint density at radius 3 is 2.18 bits per heavy atom. The first-order chi connectivity index (χ1) is 12.9. The van der Waals surface area contributed by atoms with Crippen molar-refractivity contribution in [1.29, 1.82) is 0 Å². The number of carbonyl (C=O) groups excluding carboxylic acids is 1. The molecular formula is C24H34LiO2P. The maximum atomic E-state index is 12.8. The molecule has 2 rings (SSSR count). The number of hydrogen-bond acceptors (Lipinski definition) is 2. The van der Waals surface area contributed by atoms with Gasteiger partial charge in [-0.1, -0.05) is 62.9 Å². The monoisotopic (exact) mass is 392 g/mol. The van der Waals surface area contributed by atoms with Crippen molar-refractivity contribution in [2.75, 3.05) is 6.61 Å². The van der Waals surface area contributed by atoms with E-state index in [1.807, 2.05) is 38.1 Å². The van der Waals surface area contributed by atoms with Crippen LogP contribution in [0, 0.1) is 26.7 Å². The molecule has 0 radical (unpaired) electrons. The standard InChI is InChI=1S/C24H33O2P.Li.H/c1-6-8-9-20(7-2)16-26-21-10-12-22(13-11-21)27-24(25)23-18(4)14-17(3)15-19(23)5;;/h10-15,20,27H,6-9,16H2,1-5H3;;. The van der Waals surface area contributed by atoms with Gasteiger partial charge in [-0.15, -0.1) is 0 Å². The van der Waals surface area contributed by atoms with Gasteiger partial charge in [0.25, 0.3) is 0 Å². The van der Waals surface area contributed by atoms with Crippen LogP contribution in [0.25, 0.3) is 0 Å². The first-order valence-electron chi connectivity index (χ1n) is 10.1. The summed E-state index contributed by atoms with van der Waals surface area (Å²) in [5.74, 6) is 1.52. The molecule has 2 atom stereocenters. The number of ether oxygens (including phenoxy) is 1. The zero-order valence-corrected chi connectivity index (χ0v) is 18.4. The fourth-order valence-electron chi connectivity index (χ4n) is 3.48. The van der Waals surface area contributed by atoms with Gasteiger partial charge >= 0.3 is 18.9 Å². The predicted molar refractivity (Wildman–Crippen MR) is 125 cm³/mol. The molecule has 4 heteroatoms. The van der Waals surface area contributed by atoms with E-state index in [0.717, 1.165) is 40.8 Å². The summed E-state index contributed by atoms with van der Waals surface area (Å²) < 4.78 is 5.97. The van der Waals surface area contributed by atoms with Gasteiger partial charge in [-0.2, -0.15) is 0 Å². The molecule has 2 nitrogen and oxygen atoms in total. The van der Waals surface area contributed by atoms with Crippen molar-refractivity contribution in [2.45, 2.75) is 60.3 Å². The summed E-state index contributed by atoms with van der Waals surface area (Å²) in [6, 6.07) is 12.2. The Bertz CT molecular complexity index is 733. The summed E-state index contributed by atoms with van der Waals surface area (Å²) in [6.07, 6.45) is 4.89. The van der Waals surface area contributed by atoms with E-state index in [-0.39, 0.29) is 33.0 Å². The van der Waals surface area contributed by atoms with Crippen molar-refractivity contribution in [3.8, 4) is 5.75 Å². The van der Waals surface area contributed by atoms with Gasteiger partial charge < -0.3 is 4.74 Å². The molecule has 0 aliphatic rings. The van der Waals surface area contributed by atoms with Crippen LogP contribution in [0.2, 0.25) is 0 Å². The number of carbonyl (C=O) groups is 1. The van der Waals surface area contributed by atoms with Crippen molar-refractivity contribution in [1.82, 2.24) is 0 Å². The van der Waals surface area contributed by atoms with E-state index in [9.17, 15) is 4.79 Å². The van der Waals surface area contributed by atoms with E-state index < -0.39 is 0 Å². The molecule has 0 saturated heterocycles. The average molecular weight is 392 g/mol. The summed E-state index contributed by atoms with van der Waals surface area (Å²) in [5, 5.41) is 1.06. The third-order valence-electron chi connectivity index (χ3n) is 5.05. The van der Waals surface area contributed by atoms with E-state index in [2.05, 4.69) is 32.9 Å². The summed E-state index contributed by atoms with van der Waals surface area (Å²) in [5.41, 5.74) is 4.44. The number of rotatable bonds is 10. The van der Waals surface area contributed by atoms with Gasteiger partial charge in [0.05, 0.1) is 6.61 Å². The topological polar surface area (TPSA) is 26.3 Å². The van der Waals surface area contributed by atoms with E-state index in [1.165, 1.54) is 24.8 Å². The van der Waals surface area contributed by atoms with Crippen LogP contribution >= 0.6 is 8.58 Å². The molecule has 0 spiro atoms. The fraction of sp³-hybridized carbons (Fsp3) is 0.458. The van der Waals surface area contributed by atoms with Crippen LogP contribution in [0.4, 0.5) is 0 Å². The third-order valence-corrected chi connectivity index (χ3v) is 6.14. The van der Waals surface area contributed by atoms with Crippen LogP contribution in [0.1, 0.15) is 66.6 Å². The van der Waals surface area contributed by atoms with Crippen molar-refractivity contribution >= 4 is 38.3 Å². The number of benzene rings is 2. The molecule has 28 heavy (non-hydrogen) atoms. The first-order valence-corrected chi connectivity index (χ1v) is 11.1. The zero-order chi connectivity index (χ0) is 19.8. The molecule has 0 amide bonds. The second kappa shape index (κ2) is 12.5. The van der Waals surface area contributed by atoms with Crippen LogP contribution in [0.15, 0.2) is 36.4 Å². The summed E-state index contributed by atoms with van der Waals surface area (Å²) in [6.45, 7) is 11.4. The number of unbranched alkanes of at least 4 members (excludes halogenated alkanes) is 1. The Hall–Kier alpha value is -1.06. The van der Waals surface area contributed by atoms with Crippen LogP contribution in [0.3, 0.4) is 0 Å². The Balaban J connectivity index is 0.00000392. The Kier molecular flexibility index (Phi) is 11.1. The predicted octanol–water partition coefficient (Wildman–Crippen LogP) is 5.70. The molecule has 0 heterocycles. The molecular weight excluding hydrogens is 358 g/mol. The van der Waals surface area contributed by atoms with E-state index >= 15 is 0 Å². The minimum absolute atomic E-state index is 0. The number of aryl methyl sites for hydroxylation is 3. The molecule has 2 unspecified atom stereocenters. The molecule has 0 N–H and O–H groups in total. The summed E-state index contributed by atoms with van der Waals surface area (Å²) in [7, 11) is 0.145. The van der Waals surface area contributed by atoms with Crippen LogP contribution in [-0.4, -0.2) is 31.0 Å². The summed E-state index contributed by atoms with van der Waals surface area (Å²) in [4.78, 5) is 12.8. The van der Waals surface area contributed by atoms with Gasteiger partial charge in [-0.05, 0) is 70.3 Å².